The largest absolute Gasteiger partial charge is 0.496 e. The molecule has 0 aliphatic rings. The molecule has 0 saturated heterocycles. The van der Waals surface area contributed by atoms with Gasteiger partial charge in [0.05, 0.1) is 12.7 Å². The fourth-order valence-electron chi connectivity index (χ4n) is 1.32. The lowest BCUT2D eigenvalue weighted by atomic mass is 10.2. The number of H-pyrrole nitrogens is 1. The van der Waals surface area contributed by atoms with Crippen LogP contribution in [0.15, 0.2) is 22.7 Å². The van der Waals surface area contributed by atoms with Crippen LogP contribution in [0.4, 0.5) is 0 Å². The van der Waals surface area contributed by atoms with Crippen LogP contribution in [0.1, 0.15) is 5.82 Å². The number of hydrogen-bond acceptors (Lipinski definition) is 3. The number of ether oxygens (including phenoxy) is 1. The molecule has 0 spiro atoms. The summed E-state index contributed by atoms with van der Waals surface area (Å²) in [6.07, 6.45) is 0. The van der Waals surface area contributed by atoms with E-state index in [4.69, 9.17) is 4.74 Å². The highest BCUT2D eigenvalue weighted by atomic mass is 79.9. The van der Waals surface area contributed by atoms with Gasteiger partial charge in [-0.1, -0.05) is 15.9 Å². The number of aromatic amines is 1. The number of methoxy groups -OCH3 is 1. The molecule has 78 valence electrons. The molecule has 0 bridgehead atoms. The molecular weight excluding hydrogens is 258 g/mol. The lowest BCUT2D eigenvalue weighted by Crippen LogP contribution is -1.89. The number of aryl methyl sites for hydroxylation is 1. The van der Waals surface area contributed by atoms with Gasteiger partial charge in [-0.2, -0.15) is 5.10 Å². The van der Waals surface area contributed by atoms with Gasteiger partial charge >= 0.3 is 0 Å². The van der Waals surface area contributed by atoms with Gasteiger partial charge in [0.15, 0.2) is 5.82 Å². The van der Waals surface area contributed by atoms with Crippen molar-refractivity contribution in [1.82, 2.24) is 15.2 Å². The number of aromatic nitrogens is 3. The van der Waals surface area contributed by atoms with Gasteiger partial charge in [-0.05, 0) is 25.1 Å². The monoisotopic (exact) mass is 267 g/mol. The van der Waals surface area contributed by atoms with E-state index < -0.39 is 0 Å². The second-order valence-corrected chi connectivity index (χ2v) is 4.00. The predicted octanol–water partition coefficient (Wildman–Crippen LogP) is 2.55. The van der Waals surface area contributed by atoms with Gasteiger partial charge in [-0.25, -0.2) is 4.98 Å². The summed E-state index contributed by atoms with van der Waals surface area (Å²) in [6.45, 7) is 1.86. The quantitative estimate of drug-likeness (QED) is 0.910. The highest BCUT2D eigenvalue weighted by molar-refractivity contribution is 9.10. The Labute approximate surface area is 95.8 Å². The van der Waals surface area contributed by atoms with Crippen molar-refractivity contribution in [2.24, 2.45) is 0 Å². The second kappa shape index (κ2) is 4.02. The molecule has 2 aromatic rings. The molecule has 1 aromatic carbocycles. The van der Waals surface area contributed by atoms with Gasteiger partial charge in [-0.15, -0.1) is 0 Å². The smallest absolute Gasteiger partial charge is 0.184 e. The molecular formula is C10H10BrN3O. The van der Waals surface area contributed by atoms with Crippen LogP contribution in [-0.2, 0) is 0 Å². The van der Waals surface area contributed by atoms with Crippen LogP contribution in [-0.4, -0.2) is 22.3 Å². The van der Waals surface area contributed by atoms with Gasteiger partial charge in [0.1, 0.15) is 11.6 Å². The summed E-state index contributed by atoms with van der Waals surface area (Å²) in [5.41, 5.74) is 0.872. The van der Waals surface area contributed by atoms with Crippen LogP contribution in [0.2, 0.25) is 0 Å². The van der Waals surface area contributed by atoms with Crippen molar-refractivity contribution in [3.05, 3.63) is 28.5 Å². The van der Waals surface area contributed by atoms with E-state index >= 15 is 0 Å². The van der Waals surface area contributed by atoms with Crippen molar-refractivity contribution in [3.63, 3.8) is 0 Å². The Morgan fingerprint density at radius 3 is 2.80 bits per heavy atom. The van der Waals surface area contributed by atoms with E-state index in [1.807, 2.05) is 25.1 Å². The molecule has 0 unspecified atom stereocenters. The zero-order valence-electron chi connectivity index (χ0n) is 8.41. The van der Waals surface area contributed by atoms with E-state index in [9.17, 15) is 0 Å². The Bertz CT molecular complexity index is 481. The van der Waals surface area contributed by atoms with Gasteiger partial charge in [0.25, 0.3) is 0 Å². The maximum absolute atomic E-state index is 5.25. The van der Waals surface area contributed by atoms with Crippen molar-refractivity contribution in [1.29, 1.82) is 0 Å². The summed E-state index contributed by atoms with van der Waals surface area (Å²) in [6, 6.07) is 5.73. The molecule has 2 rings (SSSR count). The summed E-state index contributed by atoms with van der Waals surface area (Å²) in [4.78, 5) is 4.26. The summed E-state index contributed by atoms with van der Waals surface area (Å²) in [7, 11) is 1.63. The molecule has 4 nitrogen and oxygen atoms in total. The third kappa shape index (κ3) is 2.02. The number of nitrogens with one attached hydrogen (secondary N) is 1. The Morgan fingerprint density at radius 2 is 2.20 bits per heavy atom. The second-order valence-electron chi connectivity index (χ2n) is 3.09. The first-order valence-electron chi connectivity index (χ1n) is 4.43. The van der Waals surface area contributed by atoms with E-state index in [-0.39, 0.29) is 0 Å². The fraction of sp³-hybridized carbons (Fsp3) is 0.200. The standard InChI is InChI=1S/C10H10BrN3O/c1-6-12-10(14-13-6)8-5-7(11)3-4-9(8)15-2/h3-5H,1-2H3,(H,12,13,14). The predicted molar refractivity (Wildman–Crippen MR) is 60.8 cm³/mol. The number of halogens is 1. The summed E-state index contributed by atoms with van der Waals surface area (Å²) < 4.78 is 6.22. The molecule has 0 amide bonds. The van der Waals surface area contributed by atoms with E-state index in [0.29, 0.717) is 5.82 Å². The topological polar surface area (TPSA) is 50.8 Å². The Kier molecular flexibility index (Phi) is 2.73. The number of hydrogen-bond donors (Lipinski definition) is 1. The molecule has 1 aromatic heterocycles. The molecule has 5 heteroatoms. The Balaban J connectivity index is 2.55. The average Bonchev–Trinajstić information content (AvgIpc) is 2.65. The zero-order chi connectivity index (χ0) is 10.8. The van der Waals surface area contributed by atoms with Crippen LogP contribution in [0.3, 0.4) is 0 Å². The lowest BCUT2D eigenvalue weighted by Gasteiger charge is -2.05. The number of benzene rings is 1. The minimum atomic E-state index is 0.644. The first kappa shape index (κ1) is 10.2. The van der Waals surface area contributed by atoms with Crippen LogP contribution in [0, 0.1) is 6.92 Å². The van der Waals surface area contributed by atoms with Crippen LogP contribution in [0.25, 0.3) is 11.4 Å². The van der Waals surface area contributed by atoms with Crippen molar-refractivity contribution in [3.8, 4) is 17.1 Å². The first-order valence-corrected chi connectivity index (χ1v) is 5.23. The van der Waals surface area contributed by atoms with Gasteiger partial charge in [0, 0.05) is 4.47 Å². The minimum Gasteiger partial charge on any atom is -0.496 e. The van der Waals surface area contributed by atoms with Crippen molar-refractivity contribution in [2.75, 3.05) is 7.11 Å². The van der Waals surface area contributed by atoms with Crippen molar-refractivity contribution >= 4 is 15.9 Å². The molecule has 0 fully saturated rings. The Hall–Kier alpha value is -1.36. The van der Waals surface area contributed by atoms with Crippen molar-refractivity contribution in [2.45, 2.75) is 6.92 Å². The lowest BCUT2D eigenvalue weighted by molar-refractivity contribution is 0.416. The van der Waals surface area contributed by atoms with Gasteiger partial charge in [0.2, 0.25) is 0 Å². The molecule has 0 radical (unpaired) electrons. The summed E-state index contributed by atoms with van der Waals surface area (Å²) in [5.74, 6) is 2.19. The summed E-state index contributed by atoms with van der Waals surface area (Å²) >= 11 is 3.41. The maximum Gasteiger partial charge on any atom is 0.184 e. The molecule has 0 saturated carbocycles. The normalized spacial score (nSPS) is 10.3. The minimum absolute atomic E-state index is 0.644. The van der Waals surface area contributed by atoms with Crippen molar-refractivity contribution < 1.29 is 4.74 Å². The van der Waals surface area contributed by atoms with Crippen LogP contribution in [0.5, 0.6) is 5.75 Å². The molecule has 1 heterocycles. The number of rotatable bonds is 2. The molecule has 15 heavy (non-hydrogen) atoms. The van der Waals surface area contributed by atoms with Gasteiger partial charge in [-0.3, -0.25) is 5.10 Å². The maximum atomic E-state index is 5.25. The number of nitrogens with zero attached hydrogens (tertiary/aromatic N) is 2. The third-order valence-electron chi connectivity index (χ3n) is 2.00. The van der Waals surface area contributed by atoms with Gasteiger partial charge < -0.3 is 4.74 Å². The Morgan fingerprint density at radius 1 is 1.40 bits per heavy atom. The SMILES string of the molecule is COc1ccc(Br)cc1-c1n[nH]c(C)n1. The highest BCUT2D eigenvalue weighted by Crippen LogP contribution is 2.30. The van der Waals surface area contributed by atoms with E-state index in [2.05, 4.69) is 31.1 Å². The highest BCUT2D eigenvalue weighted by Gasteiger charge is 2.10. The molecule has 0 aliphatic carbocycles. The van der Waals surface area contributed by atoms with Crippen LogP contribution >= 0.6 is 15.9 Å². The average molecular weight is 268 g/mol. The molecule has 0 atom stereocenters. The third-order valence-corrected chi connectivity index (χ3v) is 2.49. The van der Waals surface area contributed by atoms with E-state index in [0.717, 1.165) is 21.6 Å². The molecule has 0 aliphatic heterocycles. The van der Waals surface area contributed by atoms with E-state index in [1.54, 1.807) is 7.11 Å². The first-order chi connectivity index (χ1) is 7.20. The van der Waals surface area contributed by atoms with E-state index in [1.165, 1.54) is 0 Å². The van der Waals surface area contributed by atoms with Crippen LogP contribution < -0.4 is 4.74 Å². The summed E-state index contributed by atoms with van der Waals surface area (Å²) in [5, 5.41) is 6.90. The molecule has 1 N–H and O–H groups in total. The fourth-order valence-corrected chi connectivity index (χ4v) is 1.68. The zero-order valence-corrected chi connectivity index (χ0v) is 10.00.